The minimum atomic E-state index is -0.172. The summed E-state index contributed by atoms with van der Waals surface area (Å²) in [5.74, 6) is -0.172. The van der Waals surface area contributed by atoms with E-state index in [-0.39, 0.29) is 11.9 Å². The Hall–Kier alpha value is -1.77. The van der Waals surface area contributed by atoms with E-state index >= 15 is 0 Å². The monoisotopic (exact) mass is 190 g/mol. The van der Waals surface area contributed by atoms with E-state index in [1.807, 2.05) is 31.2 Å². The predicted octanol–water partition coefficient (Wildman–Crippen LogP) is 1.63. The first-order chi connectivity index (χ1) is 6.63. The van der Waals surface area contributed by atoms with E-state index in [9.17, 15) is 4.79 Å². The summed E-state index contributed by atoms with van der Waals surface area (Å²) in [6.07, 6.45) is 1.26. The van der Waals surface area contributed by atoms with Crippen LogP contribution >= 0.6 is 0 Å². The molecule has 0 bridgehead atoms. The van der Waals surface area contributed by atoms with Crippen molar-refractivity contribution in [1.29, 1.82) is 0 Å². The van der Waals surface area contributed by atoms with Gasteiger partial charge in [-0.25, -0.2) is 0 Å². The van der Waals surface area contributed by atoms with Gasteiger partial charge in [0, 0.05) is 5.69 Å². The van der Waals surface area contributed by atoms with E-state index in [2.05, 4.69) is 11.9 Å². The van der Waals surface area contributed by atoms with Crippen LogP contribution in [-0.4, -0.2) is 5.91 Å². The summed E-state index contributed by atoms with van der Waals surface area (Å²) in [6.45, 7) is 5.30. The molecule has 1 atom stereocenters. The van der Waals surface area contributed by atoms with Gasteiger partial charge in [-0.1, -0.05) is 18.7 Å². The summed E-state index contributed by atoms with van der Waals surface area (Å²) >= 11 is 0. The molecule has 1 aromatic rings. The normalized spacial score (nSPS) is 11.8. The van der Waals surface area contributed by atoms with Gasteiger partial charge in [-0.3, -0.25) is 4.79 Å². The molecule has 1 aromatic carbocycles. The first-order valence-electron chi connectivity index (χ1n) is 4.42. The number of carbonyl (C=O) groups is 1. The summed E-state index contributed by atoms with van der Waals surface area (Å²) < 4.78 is 0. The van der Waals surface area contributed by atoms with Gasteiger partial charge in [0.15, 0.2) is 0 Å². The minimum Gasteiger partial charge on any atom is -0.399 e. The smallest absolute Gasteiger partial charge is 0.243 e. The second-order valence-corrected chi connectivity index (χ2v) is 3.10. The van der Waals surface area contributed by atoms with Crippen LogP contribution in [0.4, 0.5) is 5.69 Å². The molecule has 3 nitrogen and oxygen atoms in total. The molecule has 0 fully saturated rings. The predicted molar refractivity (Wildman–Crippen MR) is 57.6 cm³/mol. The fourth-order valence-corrected chi connectivity index (χ4v) is 1.14. The molecule has 0 aromatic heterocycles. The maximum atomic E-state index is 11.0. The van der Waals surface area contributed by atoms with Crippen LogP contribution < -0.4 is 11.1 Å². The van der Waals surface area contributed by atoms with Crippen LogP contribution in [0.25, 0.3) is 0 Å². The lowest BCUT2D eigenvalue weighted by molar-refractivity contribution is -0.117. The van der Waals surface area contributed by atoms with Crippen molar-refractivity contribution < 1.29 is 4.79 Å². The number of anilines is 1. The van der Waals surface area contributed by atoms with Crippen molar-refractivity contribution >= 4 is 11.6 Å². The van der Waals surface area contributed by atoms with Crippen LogP contribution in [-0.2, 0) is 4.79 Å². The lowest BCUT2D eigenvalue weighted by atomic mass is 10.1. The highest BCUT2D eigenvalue weighted by Crippen LogP contribution is 2.13. The molecule has 0 aliphatic heterocycles. The SMILES string of the molecule is C=CC(=O)NC(C)c1ccc(N)cc1. The van der Waals surface area contributed by atoms with Crippen LogP contribution in [0.5, 0.6) is 0 Å². The Morgan fingerprint density at radius 1 is 1.50 bits per heavy atom. The zero-order valence-corrected chi connectivity index (χ0v) is 8.16. The molecule has 3 heteroatoms. The second-order valence-electron chi connectivity index (χ2n) is 3.10. The third-order valence-electron chi connectivity index (χ3n) is 1.98. The minimum absolute atomic E-state index is 0.0268. The molecular weight excluding hydrogens is 176 g/mol. The summed E-state index contributed by atoms with van der Waals surface area (Å²) in [6, 6.07) is 7.38. The maximum absolute atomic E-state index is 11.0. The Kier molecular flexibility index (Phi) is 3.29. The number of amides is 1. The topological polar surface area (TPSA) is 55.1 Å². The van der Waals surface area contributed by atoms with Crippen molar-refractivity contribution in [3.63, 3.8) is 0 Å². The Labute approximate surface area is 83.6 Å². The van der Waals surface area contributed by atoms with Gasteiger partial charge in [0.1, 0.15) is 0 Å². The highest BCUT2D eigenvalue weighted by Gasteiger charge is 2.05. The van der Waals surface area contributed by atoms with E-state index in [1.54, 1.807) is 0 Å². The van der Waals surface area contributed by atoms with Crippen LogP contribution in [0, 0.1) is 0 Å². The lowest BCUT2D eigenvalue weighted by Crippen LogP contribution is -2.24. The third-order valence-corrected chi connectivity index (χ3v) is 1.98. The Bertz CT molecular complexity index is 330. The molecule has 0 radical (unpaired) electrons. The van der Waals surface area contributed by atoms with Crippen molar-refractivity contribution in [1.82, 2.24) is 5.32 Å². The molecule has 1 amide bonds. The quantitative estimate of drug-likeness (QED) is 0.562. The van der Waals surface area contributed by atoms with E-state index in [4.69, 9.17) is 5.73 Å². The summed E-state index contributed by atoms with van der Waals surface area (Å²) in [5, 5.41) is 2.77. The van der Waals surface area contributed by atoms with Crippen molar-refractivity contribution in [2.75, 3.05) is 5.73 Å². The standard InChI is InChI=1S/C11H14N2O/c1-3-11(14)13-8(2)9-4-6-10(12)7-5-9/h3-8H,1,12H2,2H3,(H,13,14). The Morgan fingerprint density at radius 2 is 2.07 bits per heavy atom. The first-order valence-corrected chi connectivity index (χ1v) is 4.42. The number of nitrogen functional groups attached to an aromatic ring is 1. The van der Waals surface area contributed by atoms with E-state index in [1.165, 1.54) is 6.08 Å². The van der Waals surface area contributed by atoms with E-state index < -0.39 is 0 Å². The molecule has 0 aliphatic carbocycles. The van der Waals surface area contributed by atoms with Gasteiger partial charge in [-0.15, -0.1) is 0 Å². The highest BCUT2D eigenvalue weighted by molar-refractivity contribution is 5.87. The second kappa shape index (κ2) is 4.46. The third kappa shape index (κ3) is 2.62. The van der Waals surface area contributed by atoms with Crippen molar-refractivity contribution in [2.24, 2.45) is 0 Å². The molecule has 1 unspecified atom stereocenters. The molecular formula is C11H14N2O. The Balaban J connectivity index is 2.69. The van der Waals surface area contributed by atoms with Gasteiger partial charge in [-0.05, 0) is 30.7 Å². The zero-order valence-electron chi connectivity index (χ0n) is 8.16. The summed E-state index contributed by atoms with van der Waals surface area (Å²) in [7, 11) is 0. The number of rotatable bonds is 3. The molecule has 0 spiro atoms. The fraction of sp³-hybridized carbons (Fsp3) is 0.182. The van der Waals surface area contributed by atoms with Gasteiger partial charge in [-0.2, -0.15) is 0 Å². The number of benzene rings is 1. The van der Waals surface area contributed by atoms with Crippen LogP contribution in [0.3, 0.4) is 0 Å². The van der Waals surface area contributed by atoms with Gasteiger partial charge in [0.2, 0.25) is 5.91 Å². The summed E-state index contributed by atoms with van der Waals surface area (Å²) in [4.78, 5) is 11.0. The van der Waals surface area contributed by atoms with Crippen molar-refractivity contribution in [3.05, 3.63) is 42.5 Å². The maximum Gasteiger partial charge on any atom is 0.243 e. The largest absolute Gasteiger partial charge is 0.399 e. The van der Waals surface area contributed by atoms with Crippen molar-refractivity contribution in [3.8, 4) is 0 Å². The molecule has 0 saturated carbocycles. The van der Waals surface area contributed by atoms with Gasteiger partial charge >= 0.3 is 0 Å². The molecule has 14 heavy (non-hydrogen) atoms. The van der Waals surface area contributed by atoms with Crippen LogP contribution in [0.15, 0.2) is 36.9 Å². The van der Waals surface area contributed by atoms with Gasteiger partial charge in [0.05, 0.1) is 6.04 Å². The van der Waals surface area contributed by atoms with Gasteiger partial charge in [0.25, 0.3) is 0 Å². The van der Waals surface area contributed by atoms with Gasteiger partial charge < -0.3 is 11.1 Å². The fourth-order valence-electron chi connectivity index (χ4n) is 1.14. The highest BCUT2D eigenvalue weighted by atomic mass is 16.1. The lowest BCUT2D eigenvalue weighted by Gasteiger charge is -2.12. The molecule has 0 saturated heterocycles. The number of carbonyl (C=O) groups excluding carboxylic acids is 1. The van der Waals surface area contributed by atoms with E-state index in [0.29, 0.717) is 0 Å². The van der Waals surface area contributed by atoms with E-state index in [0.717, 1.165) is 11.3 Å². The average Bonchev–Trinajstić information content (AvgIpc) is 2.18. The van der Waals surface area contributed by atoms with Crippen LogP contribution in [0.1, 0.15) is 18.5 Å². The number of nitrogens with one attached hydrogen (secondary N) is 1. The molecule has 3 N–H and O–H groups in total. The van der Waals surface area contributed by atoms with Crippen LogP contribution in [0.2, 0.25) is 0 Å². The van der Waals surface area contributed by atoms with Crippen molar-refractivity contribution in [2.45, 2.75) is 13.0 Å². The molecule has 1 rings (SSSR count). The first kappa shape index (κ1) is 10.3. The zero-order chi connectivity index (χ0) is 10.6. The number of hydrogen-bond donors (Lipinski definition) is 2. The molecule has 0 aliphatic rings. The molecule has 74 valence electrons. The number of hydrogen-bond acceptors (Lipinski definition) is 2. The number of nitrogens with two attached hydrogens (primary N) is 1. The summed E-state index contributed by atoms with van der Waals surface area (Å²) in [5.41, 5.74) is 7.29. The molecule has 0 heterocycles. The Morgan fingerprint density at radius 3 is 2.57 bits per heavy atom. The average molecular weight is 190 g/mol.